The van der Waals surface area contributed by atoms with E-state index in [9.17, 15) is 4.79 Å². The SMILES string of the molecule is Cc1ccccc1N=Cc1cccc(OCC(=O)O)c1. The van der Waals surface area contributed by atoms with Gasteiger partial charge >= 0.3 is 5.97 Å². The van der Waals surface area contributed by atoms with Gasteiger partial charge in [-0.3, -0.25) is 4.99 Å². The van der Waals surface area contributed by atoms with E-state index >= 15 is 0 Å². The van der Waals surface area contributed by atoms with Gasteiger partial charge in [0.05, 0.1) is 5.69 Å². The van der Waals surface area contributed by atoms with Crippen molar-refractivity contribution < 1.29 is 14.6 Å². The molecule has 0 aliphatic carbocycles. The molecule has 2 aromatic carbocycles. The Balaban J connectivity index is 2.11. The second-order valence-corrected chi connectivity index (χ2v) is 4.30. The number of hydrogen-bond donors (Lipinski definition) is 1. The van der Waals surface area contributed by atoms with Gasteiger partial charge in [-0.1, -0.05) is 30.3 Å². The van der Waals surface area contributed by atoms with Crippen molar-refractivity contribution in [1.82, 2.24) is 0 Å². The molecule has 0 aliphatic rings. The van der Waals surface area contributed by atoms with Gasteiger partial charge in [0.1, 0.15) is 5.75 Å². The van der Waals surface area contributed by atoms with Crippen molar-refractivity contribution in [3.63, 3.8) is 0 Å². The van der Waals surface area contributed by atoms with E-state index in [1.807, 2.05) is 37.3 Å². The lowest BCUT2D eigenvalue weighted by Gasteiger charge is -2.03. The first-order valence-corrected chi connectivity index (χ1v) is 6.19. The lowest BCUT2D eigenvalue weighted by atomic mass is 10.2. The van der Waals surface area contributed by atoms with E-state index in [0.717, 1.165) is 16.8 Å². The van der Waals surface area contributed by atoms with Crippen LogP contribution in [0.25, 0.3) is 0 Å². The third-order valence-corrected chi connectivity index (χ3v) is 2.69. The van der Waals surface area contributed by atoms with Crippen molar-refractivity contribution in [2.45, 2.75) is 6.92 Å². The van der Waals surface area contributed by atoms with Crippen LogP contribution in [-0.4, -0.2) is 23.9 Å². The molecule has 0 fully saturated rings. The molecule has 2 aromatic rings. The van der Waals surface area contributed by atoms with E-state index in [-0.39, 0.29) is 6.61 Å². The van der Waals surface area contributed by atoms with E-state index < -0.39 is 5.97 Å². The fourth-order valence-electron chi connectivity index (χ4n) is 1.68. The minimum atomic E-state index is -0.996. The molecule has 0 aliphatic heterocycles. The topological polar surface area (TPSA) is 58.9 Å². The van der Waals surface area contributed by atoms with Gasteiger partial charge < -0.3 is 9.84 Å². The first-order valence-electron chi connectivity index (χ1n) is 6.19. The van der Waals surface area contributed by atoms with Crippen molar-refractivity contribution in [3.8, 4) is 5.75 Å². The van der Waals surface area contributed by atoms with Crippen molar-refractivity contribution in [3.05, 3.63) is 59.7 Å². The number of rotatable bonds is 5. The summed E-state index contributed by atoms with van der Waals surface area (Å²) in [6, 6.07) is 15.0. The van der Waals surface area contributed by atoms with E-state index in [0.29, 0.717) is 5.75 Å². The van der Waals surface area contributed by atoms with Crippen LogP contribution in [0.1, 0.15) is 11.1 Å². The average Bonchev–Trinajstić information content (AvgIpc) is 2.45. The summed E-state index contributed by atoms with van der Waals surface area (Å²) < 4.78 is 5.12. The molecule has 0 saturated heterocycles. The summed E-state index contributed by atoms with van der Waals surface area (Å²) in [6.45, 7) is 1.65. The monoisotopic (exact) mass is 269 g/mol. The van der Waals surface area contributed by atoms with Crippen LogP contribution in [0, 0.1) is 6.92 Å². The van der Waals surface area contributed by atoms with Gasteiger partial charge in [-0.2, -0.15) is 0 Å². The predicted molar refractivity (Wildman–Crippen MR) is 78.0 cm³/mol. The number of aliphatic imine (C=N–C) groups is 1. The summed E-state index contributed by atoms with van der Waals surface area (Å²) in [4.78, 5) is 14.9. The van der Waals surface area contributed by atoms with E-state index in [1.165, 1.54) is 0 Å². The van der Waals surface area contributed by atoms with Crippen LogP contribution < -0.4 is 4.74 Å². The molecule has 2 rings (SSSR count). The number of ether oxygens (including phenoxy) is 1. The molecule has 0 aromatic heterocycles. The maximum absolute atomic E-state index is 10.5. The van der Waals surface area contributed by atoms with Gasteiger partial charge in [-0.05, 0) is 36.2 Å². The fourth-order valence-corrected chi connectivity index (χ4v) is 1.68. The number of aryl methyl sites for hydroxylation is 1. The summed E-state index contributed by atoms with van der Waals surface area (Å²) >= 11 is 0. The molecule has 0 spiro atoms. The smallest absolute Gasteiger partial charge is 0.341 e. The van der Waals surface area contributed by atoms with Gasteiger partial charge in [0.15, 0.2) is 6.61 Å². The normalized spacial score (nSPS) is 10.7. The highest BCUT2D eigenvalue weighted by atomic mass is 16.5. The number of carbonyl (C=O) groups is 1. The van der Waals surface area contributed by atoms with Crippen molar-refractivity contribution in [2.24, 2.45) is 4.99 Å². The van der Waals surface area contributed by atoms with Crippen LogP contribution in [0.3, 0.4) is 0 Å². The molecule has 1 N–H and O–H groups in total. The van der Waals surface area contributed by atoms with Crippen molar-refractivity contribution in [1.29, 1.82) is 0 Å². The first kappa shape index (κ1) is 13.8. The second kappa shape index (κ2) is 6.52. The summed E-state index contributed by atoms with van der Waals surface area (Å²) in [7, 11) is 0. The molecular weight excluding hydrogens is 254 g/mol. The molecule has 4 heteroatoms. The zero-order valence-corrected chi connectivity index (χ0v) is 11.1. The Bertz CT molecular complexity index is 635. The molecule has 4 nitrogen and oxygen atoms in total. The van der Waals surface area contributed by atoms with E-state index in [2.05, 4.69) is 4.99 Å². The molecule has 0 unspecified atom stereocenters. The number of para-hydroxylation sites is 1. The highest BCUT2D eigenvalue weighted by Crippen LogP contribution is 2.18. The molecule has 0 radical (unpaired) electrons. The highest BCUT2D eigenvalue weighted by molar-refractivity contribution is 5.82. The van der Waals surface area contributed by atoms with Gasteiger partial charge in [-0.15, -0.1) is 0 Å². The summed E-state index contributed by atoms with van der Waals surface area (Å²) in [5, 5.41) is 8.58. The Labute approximate surface area is 117 Å². The minimum Gasteiger partial charge on any atom is -0.482 e. The lowest BCUT2D eigenvalue weighted by Crippen LogP contribution is -2.09. The number of carboxylic acids is 1. The number of nitrogens with zero attached hydrogens (tertiary/aromatic N) is 1. The van der Waals surface area contributed by atoms with Gasteiger partial charge in [-0.25, -0.2) is 4.79 Å². The standard InChI is InChI=1S/C16H15NO3/c1-12-5-2-3-8-15(12)17-10-13-6-4-7-14(9-13)20-11-16(18)19/h2-10H,11H2,1H3,(H,18,19). The van der Waals surface area contributed by atoms with Crippen molar-refractivity contribution >= 4 is 17.9 Å². The average molecular weight is 269 g/mol. The molecule has 102 valence electrons. The third kappa shape index (κ3) is 3.95. The molecule has 0 heterocycles. The molecule has 20 heavy (non-hydrogen) atoms. The maximum Gasteiger partial charge on any atom is 0.341 e. The Hall–Kier alpha value is -2.62. The highest BCUT2D eigenvalue weighted by Gasteiger charge is 1.99. The minimum absolute atomic E-state index is 0.349. The van der Waals surface area contributed by atoms with Crippen LogP contribution >= 0.6 is 0 Å². The summed E-state index contributed by atoms with van der Waals surface area (Å²) in [5.74, 6) is -0.481. The van der Waals surface area contributed by atoms with Crippen LogP contribution in [0.5, 0.6) is 5.75 Å². The third-order valence-electron chi connectivity index (χ3n) is 2.69. The molecule has 0 bridgehead atoms. The second-order valence-electron chi connectivity index (χ2n) is 4.30. The van der Waals surface area contributed by atoms with E-state index in [1.54, 1.807) is 24.4 Å². The molecular formula is C16H15NO3. The number of carboxylic acid groups (broad SMARTS) is 1. The van der Waals surface area contributed by atoms with E-state index in [4.69, 9.17) is 9.84 Å². The Morgan fingerprint density at radius 3 is 2.80 bits per heavy atom. The predicted octanol–water partition coefficient (Wildman–Crippen LogP) is 3.21. The van der Waals surface area contributed by atoms with Crippen LogP contribution in [-0.2, 0) is 4.79 Å². The van der Waals surface area contributed by atoms with Gasteiger partial charge in [0.25, 0.3) is 0 Å². The number of benzene rings is 2. The summed E-state index contributed by atoms with van der Waals surface area (Å²) in [5.41, 5.74) is 2.86. The zero-order chi connectivity index (χ0) is 14.4. The summed E-state index contributed by atoms with van der Waals surface area (Å²) in [6.07, 6.45) is 1.73. The van der Waals surface area contributed by atoms with Crippen LogP contribution in [0.15, 0.2) is 53.5 Å². The Kier molecular flexibility index (Phi) is 4.50. The van der Waals surface area contributed by atoms with Gasteiger partial charge in [0, 0.05) is 6.21 Å². The fraction of sp³-hybridized carbons (Fsp3) is 0.125. The van der Waals surface area contributed by atoms with Gasteiger partial charge in [0.2, 0.25) is 0 Å². The molecule has 0 amide bonds. The largest absolute Gasteiger partial charge is 0.482 e. The number of hydrogen-bond acceptors (Lipinski definition) is 3. The maximum atomic E-state index is 10.5. The number of aliphatic carboxylic acids is 1. The molecule has 0 saturated carbocycles. The van der Waals surface area contributed by atoms with Crippen LogP contribution in [0.2, 0.25) is 0 Å². The van der Waals surface area contributed by atoms with Crippen molar-refractivity contribution in [2.75, 3.05) is 6.61 Å². The quantitative estimate of drug-likeness (QED) is 0.848. The lowest BCUT2D eigenvalue weighted by molar-refractivity contribution is -0.139. The first-order chi connectivity index (χ1) is 9.65. The Morgan fingerprint density at radius 2 is 2.05 bits per heavy atom. The zero-order valence-electron chi connectivity index (χ0n) is 11.1. The molecule has 0 atom stereocenters. The Morgan fingerprint density at radius 1 is 1.25 bits per heavy atom. The van der Waals surface area contributed by atoms with Crippen LogP contribution in [0.4, 0.5) is 5.69 Å².